The van der Waals surface area contributed by atoms with Crippen LogP contribution in [0.1, 0.15) is 18.2 Å². The Morgan fingerprint density at radius 2 is 2.11 bits per heavy atom. The minimum absolute atomic E-state index is 0.0773. The first-order valence-corrected chi connectivity index (χ1v) is 9.61. The van der Waals surface area contributed by atoms with Gasteiger partial charge in [-0.05, 0) is 17.7 Å². The maximum Gasteiger partial charge on any atom is 0.469 e. The molecule has 1 aliphatic rings. The van der Waals surface area contributed by atoms with E-state index in [1.54, 1.807) is 18.2 Å². The van der Waals surface area contributed by atoms with Crippen LogP contribution in [0, 0.1) is 11.3 Å². The molecule has 0 aliphatic carbocycles. The van der Waals surface area contributed by atoms with Crippen molar-refractivity contribution in [2.75, 3.05) is 6.61 Å². The number of hydrogen-bond donors (Lipinski definition) is 4. The summed E-state index contributed by atoms with van der Waals surface area (Å²) in [6, 6.07) is 9.37. The Balaban J connectivity index is 1.99. The third-order valence-electron chi connectivity index (χ3n) is 4.16. The Kier molecular flexibility index (Phi) is 5.62. The molecule has 1 aromatic heterocycles. The number of nitrogens with zero attached hydrogens (tertiary/aromatic N) is 2. The molecule has 28 heavy (non-hydrogen) atoms. The molecule has 0 bridgehead atoms. The van der Waals surface area contributed by atoms with E-state index in [1.165, 1.54) is 6.07 Å². The van der Waals surface area contributed by atoms with Crippen LogP contribution in [0.25, 0.3) is 11.3 Å². The summed E-state index contributed by atoms with van der Waals surface area (Å²) in [5, 5.41) is 19.2. The summed E-state index contributed by atoms with van der Waals surface area (Å²) in [6.45, 7) is -0.584. The van der Waals surface area contributed by atoms with Crippen LogP contribution < -0.4 is 11.2 Å². The highest BCUT2D eigenvalue weighted by atomic mass is 31.2. The molecule has 0 amide bonds. The molecule has 0 unspecified atom stereocenters. The van der Waals surface area contributed by atoms with Gasteiger partial charge < -0.3 is 19.6 Å². The molecular weight excluding hydrogens is 393 g/mol. The lowest BCUT2D eigenvalue weighted by atomic mass is 10.1. The summed E-state index contributed by atoms with van der Waals surface area (Å²) in [7, 11) is -4.76. The van der Waals surface area contributed by atoms with Gasteiger partial charge in [0, 0.05) is 12.5 Å². The van der Waals surface area contributed by atoms with E-state index in [0.717, 1.165) is 10.6 Å². The number of phosphoric ester groups is 1. The maximum absolute atomic E-state index is 12.4. The number of hydrogen-bond acceptors (Lipinski definition) is 7. The average Bonchev–Trinajstić information content (AvgIpc) is 2.99. The van der Waals surface area contributed by atoms with Crippen LogP contribution in [0.15, 0.2) is 39.9 Å². The fourth-order valence-electron chi connectivity index (χ4n) is 2.95. The molecule has 3 atom stereocenters. The molecule has 1 fully saturated rings. The van der Waals surface area contributed by atoms with E-state index in [-0.39, 0.29) is 12.1 Å². The average molecular weight is 409 g/mol. The number of phosphoric acid groups is 1. The molecule has 11 nitrogen and oxygen atoms in total. The highest BCUT2D eigenvalue weighted by molar-refractivity contribution is 7.46. The summed E-state index contributed by atoms with van der Waals surface area (Å²) in [6.07, 6.45) is -3.35. The van der Waals surface area contributed by atoms with E-state index in [0.29, 0.717) is 11.1 Å². The number of nitrogens with one attached hydrogen (secondary N) is 1. The first-order valence-electron chi connectivity index (χ1n) is 8.08. The van der Waals surface area contributed by atoms with Crippen LogP contribution in [0.4, 0.5) is 0 Å². The predicted octanol–water partition coefficient (Wildman–Crippen LogP) is -0.167. The molecule has 1 aromatic carbocycles. The van der Waals surface area contributed by atoms with E-state index in [2.05, 4.69) is 9.51 Å². The van der Waals surface area contributed by atoms with Gasteiger partial charge >= 0.3 is 13.5 Å². The van der Waals surface area contributed by atoms with Crippen molar-refractivity contribution < 1.29 is 28.7 Å². The topological polar surface area (TPSA) is 175 Å². The van der Waals surface area contributed by atoms with Crippen molar-refractivity contribution in [1.82, 2.24) is 9.55 Å². The monoisotopic (exact) mass is 409 g/mol. The Hall–Kier alpha value is -2.58. The fraction of sp³-hybridized carbons (Fsp3) is 0.312. The van der Waals surface area contributed by atoms with Crippen LogP contribution in [0.2, 0.25) is 0 Å². The number of aromatic amines is 1. The van der Waals surface area contributed by atoms with Crippen LogP contribution >= 0.6 is 7.82 Å². The van der Waals surface area contributed by atoms with Gasteiger partial charge in [0.25, 0.3) is 5.56 Å². The second-order valence-electron chi connectivity index (χ2n) is 6.11. The molecule has 0 spiro atoms. The third-order valence-corrected chi connectivity index (χ3v) is 4.65. The largest absolute Gasteiger partial charge is 0.469 e. The second kappa shape index (κ2) is 7.81. The number of H-pyrrole nitrogens is 1. The lowest BCUT2D eigenvalue weighted by molar-refractivity contribution is -0.0445. The zero-order chi connectivity index (χ0) is 20.5. The fourth-order valence-corrected chi connectivity index (χ4v) is 3.30. The molecular formula is C16H16N3O8P. The van der Waals surface area contributed by atoms with Crippen LogP contribution in [-0.2, 0) is 13.8 Å². The van der Waals surface area contributed by atoms with Crippen molar-refractivity contribution in [3.05, 3.63) is 56.7 Å². The van der Waals surface area contributed by atoms with Crippen molar-refractivity contribution in [2.24, 2.45) is 0 Å². The highest BCUT2D eigenvalue weighted by Crippen LogP contribution is 2.38. The van der Waals surface area contributed by atoms with Crippen molar-refractivity contribution in [3.8, 4) is 17.3 Å². The number of aromatic nitrogens is 2. The minimum Gasteiger partial charge on any atom is -0.390 e. The standard InChI is InChI=1S/C16H16N3O8P/c17-7-9-2-1-3-10(4-9)11-5-14(21)18-16(22)19(11)15-6-12(20)13(27-15)8-26-28(23,24)25/h1-5,12-13,15,20H,6,8H2,(H,18,21,22)(H2,23,24,25)/t12-,13+,15+/m0/s1. The molecule has 0 saturated carbocycles. The van der Waals surface area contributed by atoms with E-state index in [4.69, 9.17) is 19.8 Å². The number of aliphatic hydroxyl groups excluding tert-OH is 1. The van der Waals surface area contributed by atoms with Crippen molar-refractivity contribution in [2.45, 2.75) is 24.9 Å². The Bertz CT molecular complexity index is 1080. The van der Waals surface area contributed by atoms with Gasteiger partial charge in [-0.2, -0.15) is 5.26 Å². The van der Waals surface area contributed by atoms with Gasteiger partial charge in [-0.1, -0.05) is 12.1 Å². The molecule has 3 rings (SSSR count). The Morgan fingerprint density at radius 3 is 2.79 bits per heavy atom. The molecule has 1 saturated heterocycles. The summed E-state index contributed by atoms with van der Waals surface area (Å²) < 4.78 is 21.9. The van der Waals surface area contributed by atoms with Gasteiger partial charge in [0.05, 0.1) is 30.0 Å². The maximum atomic E-state index is 12.4. The molecule has 4 N–H and O–H groups in total. The third kappa shape index (κ3) is 4.45. The summed E-state index contributed by atoms with van der Waals surface area (Å²) in [5.41, 5.74) is -0.552. The van der Waals surface area contributed by atoms with Crippen LogP contribution in [-0.4, -0.2) is 43.3 Å². The normalized spacial score (nSPS) is 22.1. The molecule has 148 valence electrons. The molecule has 1 aliphatic heterocycles. The Morgan fingerprint density at radius 1 is 1.36 bits per heavy atom. The molecule has 0 radical (unpaired) electrons. The number of nitriles is 1. The van der Waals surface area contributed by atoms with Crippen molar-refractivity contribution >= 4 is 7.82 Å². The zero-order valence-electron chi connectivity index (χ0n) is 14.3. The van der Waals surface area contributed by atoms with Gasteiger partial charge in [-0.3, -0.25) is 18.9 Å². The highest BCUT2D eigenvalue weighted by Gasteiger charge is 2.38. The lowest BCUT2D eigenvalue weighted by Crippen LogP contribution is -2.33. The smallest absolute Gasteiger partial charge is 0.390 e. The van der Waals surface area contributed by atoms with Gasteiger partial charge in [-0.15, -0.1) is 0 Å². The van der Waals surface area contributed by atoms with E-state index < -0.39 is 44.1 Å². The van der Waals surface area contributed by atoms with Gasteiger partial charge in [-0.25, -0.2) is 9.36 Å². The number of aliphatic hydroxyl groups is 1. The van der Waals surface area contributed by atoms with Gasteiger partial charge in [0.1, 0.15) is 12.3 Å². The molecule has 2 heterocycles. The van der Waals surface area contributed by atoms with E-state index >= 15 is 0 Å². The minimum atomic E-state index is -4.76. The van der Waals surface area contributed by atoms with Gasteiger partial charge in [0.15, 0.2) is 0 Å². The summed E-state index contributed by atoms with van der Waals surface area (Å²) >= 11 is 0. The van der Waals surface area contributed by atoms with E-state index in [1.807, 2.05) is 6.07 Å². The predicted molar refractivity (Wildman–Crippen MR) is 94.0 cm³/mol. The number of rotatable bonds is 5. The summed E-state index contributed by atoms with van der Waals surface area (Å²) in [5.74, 6) is 0. The molecule has 12 heteroatoms. The van der Waals surface area contributed by atoms with Crippen molar-refractivity contribution in [3.63, 3.8) is 0 Å². The van der Waals surface area contributed by atoms with Crippen LogP contribution in [0.5, 0.6) is 0 Å². The SMILES string of the molecule is N#Cc1cccc(-c2cc(=O)[nH]c(=O)n2[C@H]2C[C@H](O)[C@@H](COP(=O)(O)O)O2)c1. The lowest BCUT2D eigenvalue weighted by Gasteiger charge is -2.19. The van der Waals surface area contributed by atoms with E-state index in [9.17, 15) is 19.3 Å². The number of ether oxygens (including phenoxy) is 1. The number of benzene rings is 1. The quantitative estimate of drug-likeness (QED) is 0.489. The second-order valence-corrected chi connectivity index (χ2v) is 7.34. The van der Waals surface area contributed by atoms with Gasteiger partial charge in [0.2, 0.25) is 0 Å². The first kappa shape index (κ1) is 20.2. The Labute approximate surface area is 157 Å². The zero-order valence-corrected chi connectivity index (χ0v) is 15.2. The first-order chi connectivity index (χ1) is 13.2. The van der Waals surface area contributed by atoms with Crippen LogP contribution in [0.3, 0.4) is 0 Å². The summed E-state index contributed by atoms with van der Waals surface area (Å²) in [4.78, 5) is 43.9. The van der Waals surface area contributed by atoms with Crippen molar-refractivity contribution in [1.29, 1.82) is 5.26 Å². The molecule has 2 aromatic rings.